The van der Waals surface area contributed by atoms with Crippen LogP contribution in [0.2, 0.25) is 0 Å². The SMILES string of the molecule is Cc1cccn(CCN2CCOCC2)c1=O. The van der Waals surface area contributed by atoms with E-state index in [1.807, 2.05) is 25.3 Å². The van der Waals surface area contributed by atoms with Gasteiger partial charge in [-0.25, -0.2) is 0 Å². The molecule has 0 saturated carbocycles. The molecule has 0 N–H and O–H groups in total. The fraction of sp³-hybridized carbons (Fsp3) is 0.583. The van der Waals surface area contributed by atoms with Gasteiger partial charge in [0, 0.05) is 37.9 Å². The molecule has 1 aliphatic rings. The first kappa shape index (κ1) is 11.4. The highest BCUT2D eigenvalue weighted by atomic mass is 16.5. The van der Waals surface area contributed by atoms with Crippen LogP contribution in [-0.2, 0) is 11.3 Å². The second-order valence-corrected chi connectivity index (χ2v) is 4.14. The van der Waals surface area contributed by atoms with E-state index in [0.29, 0.717) is 0 Å². The number of aromatic nitrogens is 1. The molecule has 0 unspecified atom stereocenters. The third kappa shape index (κ3) is 2.71. The van der Waals surface area contributed by atoms with Crippen molar-refractivity contribution in [1.82, 2.24) is 9.47 Å². The van der Waals surface area contributed by atoms with Crippen LogP contribution in [0, 0.1) is 6.92 Å². The fourth-order valence-electron chi connectivity index (χ4n) is 1.91. The third-order valence-corrected chi connectivity index (χ3v) is 2.97. The number of ether oxygens (including phenoxy) is 1. The van der Waals surface area contributed by atoms with Gasteiger partial charge in [0.05, 0.1) is 13.2 Å². The van der Waals surface area contributed by atoms with E-state index in [2.05, 4.69) is 4.90 Å². The van der Waals surface area contributed by atoms with Crippen LogP contribution in [0.4, 0.5) is 0 Å². The molecule has 1 aromatic heterocycles. The monoisotopic (exact) mass is 222 g/mol. The summed E-state index contributed by atoms with van der Waals surface area (Å²) in [6.45, 7) is 7.10. The quantitative estimate of drug-likeness (QED) is 0.746. The molecule has 1 aliphatic heterocycles. The van der Waals surface area contributed by atoms with E-state index in [0.717, 1.165) is 45.0 Å². The molecule has 1 aromatic rings. The van der Waals surface area contributed by atoms with Gasteiger partial charge in [0.2, 0.25) is 0 Å². The number of hydrogen-bond donors (Lipinski definition) is 0. The van der Waals surface area contributed by atoms with Crippen molar-refractivity contribution in [1.29, 1.82) is 0 Å². The van der Waals surface area contributed by atoms with E-state index < -0.39 is 0 Å². The second-order valence-electron chi connectivity index (χ2n) is 4.14. The summed E-state index contributed by atoms with van der Waals surface area (Å²) in [5.41, 5.74) is 0.931. The van der Waals surface area contributed by atoms with E-state index in [4.69, 9.17) is 4.74 Å². The molecule has 2 heterocycles. The Morgan fingerprint density at radius 1 is 1.31 bits per heavy atom. The smallest absolute Gasteiger partial charge is 0.253 e. The van der Waals surface area contributed by atoms with Crippen molar-refractivity contribution in [3.63, 3.8) is 0 Å². The highest BCUT2D eigenvalue weighted by Crippen LogP contribution is 1.97. The summed E-state index contributed by atoms with van der Waals surface area (Å²) in [5.74, 6) is 0. The van der Waals surface area contributed by atoms with Gasteiger partial charge in [0.25, 0.3) is 5.56 Å². The number of nitrogens with zero attached hydrogens (tertiary/aromatic N) is 2. The lowest BCUT2D eigenvalue weighted by Crippen LogP contribution is -2.39. The number of morpholine rings is 1. The molecule has 1 fully saturated rings. The second kappa shape index (κ2) is 5.27. The summed E-state index contributed by atoms with van der Waals surface area (Å²) in [6.07, 6.45) is 1.86. The lowest BCUT2D eigenvalue weighted by Gasteiger charge is -2.26. The van der Waals surface area contributed by atoms with Gasteiger partial charge in [-0.05, 0) is 13.0 Å². The van der Waals surface area contributed by atoms with Crippen LogP contribution < -0.4 is 5.56 Å². The van der Waals surface area contributed by atoms with Crippen LogP contribution in [-0.4, -0.2) is 42.3 Å². The summed E-state index contributed by atoms with van der Waals surface area (Å²) in [6, 6.07) is 3.78. The minimum atomic E-state index is 0.121. The molecule has 0 bridgehead atoms. The zero-order chi connectivity index (χ0) is 11.4. The lowest BCUT2D eigenvalue weighted by atomic mass is 10.3. The van der Waals surface area contributed by atoms with Gasteiger partial charge in [0.15, 0.2) is 0 Å². The summed E-state index contributed by atoms with van der Waals surface area (Å²) in [7, 11) is 0. The molecule has 1 saturated heterocycles. The van der Waals surface area contributed by atoms with Crippen molar-refractivity contribution in [2.75, 3.05) is 32.8 Å². The Kier molecular flexibility index (Phi) is 3.74. The van der Waals surface area contributed by atoms with Gasteiger partial charge in [-0.15, -0.1) is 0 Å². The molecule has 4 nitrogen and oxygen atoms in total. The van der Waals surface area contributed by atoms with Gasteiger partial charge in [-0.1, -0.05) is 6.07 Å². The standard InChI is InChI=1S/C12H18N2O2/c1-11-3-2-4-14(12(11)15)6-5-13-7-9-16-10-8-13/h2-4H,5-10H2,1H3. The molecule has 0 spiro atoms. The van der Waals surface area contributed by atoms with Crippen molar-refractivity contribution in [3.8, 4) is 0 Å². The van der Waals surface area contributed by atoms with E-state index in [9.17, 15) is 4.79 Å². The number of aryl methyl sites for hydroxylation is 1. The van der Waals surface area contributed by atoms with Crippen molar-refractivity contribution in [2.24, 2.45) is 0 Å². The van der Waals surface area contributed by atoms with Crippen LogP contribution in [0.5, 0.6) is 0 Å². The highest BCUT2D eigenvalue weighted by molar-refractivity contribution is 5.07. The van der Waals surface area contributed by atoms with Gasteiger partial charge < -0.3 is 9.30 Å². The van der Waals surface area contributed by atoms with Crippen molar-refractivity contribution in [3.05, 3.63) is 34.2 Å². The Bertz CT molecular complexity index is 394. The molecule has 4 heteroatoms. The molecular formula is C12H18N2O2. The van der Waals surface area contributed by atoms with Crippen LogP contribution in [0.25, 0.3) is 0 Å². The van der Waals surface area contributed by atoms with E-state index >= 15 is 0 Å². The van der Waals surface area contributed by atoms with Crippen LogP contribution in [0.1, 0.15) is 5.56 Å². The number of pyridine rings is 1. The van der Waals surface area contributed by atoms with Gasteiger partial charge in [0.1, 0.15) is 0 Å². The van der Waals surface area contributed by atoms with Crippen LogP contribution in [0.15, 0.2) is 23.1 Å². The highest BCUT2D eigenvalue weighted by Gasteiger charge is 2.10. The molecule has 0 radical (unpaired) electrons. The first-order valence-electron chi connectivity index (χ1n) is 5.73. The Hall–Kier alpha value is -1.13. The normalized spacial score (nSPS) is 17.6. The zero-order valence-corrected chi connectivity index (χ0v) is 9.69. The molecule has 0 aliphatic carbocycles. The molecule has 0 aromatic carbocycles. The first-order valence-corrected chi connectivity index (χ1v) is 5.73. The fourth-order valence-corrected chi connectivity index (χ4v) is 1.91. The molecular weight excluding hydrogens is 204 g/mol. The Labute approximate surface area is 95.4 Å². The summed E-state index contributed by atoms with van der Waals surface area (Å²) in [4.78, 5) is 14.1. The summed E-state index contributed by atoms with van der Waals surface area (Å²) < 4.78 is 7.07. The average Bonchev–Trinajstić information content (AvgIpc) is 2.32. The molecule has 0 atom stereocenters. The average molecular weight is 222 g/mol. The maximum Gasteiger partial charge on any atom is 0.253 e. The van der Waals surface area contributed by atoms with Gasteiger partial charge in [-0.3, -0.25) is 9.69 Å². The number of rotatable bonds is 3. The maximum absolute atomic E-state index is 11.8. The Morgan fingerprint density at radius 3 is 2.81 bits per heavy atom. The molecule has 0 amide bonds. The largest absolute Gasteiger partial charge is 0.379 e. The Balaban J connectivity index is 1.94. The third-order valence-electron chi connectivity index (χ3n) is 2.97. The number of hydrogen-bond acceptors (Lipinski definition) is 3. The van der Waals surface area contributed by atoms with E-state index in [1.165, 1.54) is 0 Å². The van der Waals surface area contributed by atoms with E-state index in [1.54, 1.807) is 4.57 Å². The predicted octanol–water partition coefficient (Wildman–Crippen LogP) is 0.489. The molecule has 2 rings (SSSR count). The maximum atomic E-state index is 11.8. The summed E-state index contributed by atoms with van der Waals surface area (Å²) in [5, 5.41) is 0. The molecule has 16 heavy (non-hydrogen) atoms. The molecule has 88 valence electrons. The van der Waals surface area contributed by atoms with Crippen LogP contribution >= 0.6 is 0 Å². The van der Waals surface area contributed by atoms with Crippen molar-refractivity contribution < 1.29 is 4.74 Å². The lowest BCUT2D eigenvalue weighted by molar-refractivity contribution is 0.0363. The van der Waals surface area contributed by atoms with Crippen LogP contribution in [0.3, 0.4) is 0 Å². The van der Waals surface area contributed by atoms with Crippen molar-refractivity contribution in [2.45, 2.75) is 13.5 Å². The zero-order valence-electron chi connectivity index (χ0n) is 9.69. The Morgan fingerprint density at radius 2 is 2.06 bits per heavy atom. The first-order chi connectivity index (χ1) is 7.77. The minimum Gasteiger partial charge on any atom is -0.379 e. The topological polar surface area (TPSA) is 34.5 Å². The van der Waals surface area contributed by atoms with Gasteiger partial charge in [-0.2, -0.15) is 0 Å². The van der Waals surface area contributed by atoms with Gasteiger partial charge >= 0.3 is 0 Å². The minimum absolute atomic E-state index is 0.121. The van der Waals surface area contributed by atoms with Crippen molar-refractivity contribution >= 4 is 0 Å². The predicted molar refractivity (Wildman–Crippen MR) is 62.7 cm³/mol. The summed E-state index contributed by atoms with van der Waals surface area (Å²) >= 11 is 0. The van der Waals surface area contributed by atoms with E-state index in [-0.39, 0.29) is 5.56 Å².